The summed E-state index contributed by atoms with van der Waals surface area (Å²) in [4.78, 5) is 27.7. The highest BCUT2D eigenvalue weighted by atomic mass is 16.2. The highest BCUT2D eigenvalue weighted by molar-refractivity contribution is 5.80. The Morgan fingerprint density at radius 1 is 1.18 bits per heavy atom. The van der Waals surface area contributed by atoms with Crippen LogP contribution in [-0.4, -0.2) is 48.4 Å². The Morgan fingerprint density at radius 3 is 2.45 bits per heavy atom. The molecule has 126 valence electrons. The highest BCUT2D eigenvalue weighted by Gasteiger charge is 2.36. The summed E-state index contributed by atoms with van der Waals surface area (Å²) in [7, 11) is 0. The van der Waals surface area contributed by atoms with E-state index >= 15 is 0 Å². The van der Waals surface area contributed by atoms with E-state index in [0.29, 0.717) is 12.6 Å². The molecule has 5 nitrogen and oxygen atoms in total. The molecule has 0 bridgehead atoms. The fourth-order valence-electron chi connectivity index (χ4n) is 4.14. The Hall–Kier alpha value is -1.10. The third kappa shape index (κ3) is 4.00. The molecule has 1 saturated heterocycles. The molecule has 1 saturated carbocycles. The minimum atomic E-state index is -0.212. The van der Waals surface area contributed by atoms with Crippen molar-refractivity contribution in [2.24, 2.45) is 11.7 Å². The Balaban J connectivity index is 1.98. The molecule has 2 fully saturated rings. The first-order valence-corrected chi connectivity index (χ1v) is 8.99. The number of hydrogen-bond acceptors (Lipinski definition) is 2. The first-order valence-electron chi connectivity index (χ1n) is 8.99. The van der Waals surface area contributed by atoms with Gasteiger partial charge in [0.05, 0.1) is 19.0 Å². The molecule has 1 aliphatic carbocycles. The molecular weight excluding hydrogens is 278 g/mol. The average molecular weight is 310 g/mol. The number of carbonyl (C=O) groups excluding carboxylic acids is 2. The van der Waals surface area contributed by atoms with Gasteiger partial charge >= 0.3 is 0 Å². The smallest absolute Gasteiger partial charge is 0.280 e. The van der Waals surface area contributed by atoms with E-state index in [9.17, 15) is 9.59 Å². The normalized spacial score (nSPS) is 28.1. The van der Waals surface area contributed by atoms with Crippen molar-refractivity contribution in [1.29, 1.82) is 0 Å². The van der Waals surface area contributed by atoms with Crippen LogP contribution in [0.4, 0.5) is 0 Å². The Labute approximate surface area is 134 Å². The van der Waals surface area contributed by atoms with E-state index in [-0.39, 0.29) is 23.8 Å². The molecule has 2 rings (SSSR count). The summed E-state index contributed by atoms with van der Waals surface area (Å²) in [5.41, 5.74) is 5.46. The van der Waals surface area contributed by atoms with Crippen LogP contribution in [0, 0.1) is 5.92 Å². The predicted molar refractivity (Wildman–Crippen MR) is 86.3 cm³/mol. The number of amides is 2. The molecule has 3 N–H and O–H groups in total. The minimum Gasteiger partial charge on any atom is -0.369 e. The number of nitrogens with one attached hydrogen (secondary N) is 1. The van der Waals surface area contributed by atoms with Crippen LogP contribution in [0.3, 0.4) is 0 Å². The van der Waals surface area contributed by atoms with Gasteiger partial charge < -0.3 is 15.5 Å². The molecule has 1 aliphatic heterocycles. The van der Waals surface area contributed by atoms with E-state index in [2.05, 4.69) is 11.8 Å². The maximum Gasteiger partial charge on any atom is 0.280 e. The number of nitrogens with zero attached hydrogens (tertiary/aromatic N) is 1. The molecule has 0 aromatic rings. The SMILES string of the molecule is CCN(C(=O)[C@H](C)[NH+]1CCC[C@H](C(N)=O)C1)C1CCCCC1. The molecule has 1 unspecified atom stereocenters. The minimum absolute atomic E-state index is 0.0657. The summed E-state index contributed by atoms with van der Waals surface area (Å²) in [6, 6.07) is 0.355. The average Bonchev–Trinajstić information content (AvgIpc) is 2.55. The number of rotatable bonds is 5. The van der Waals surface area contributed by atoms with Crippen LogP contribution in [0.25, 0.3) is 0 Å². The van der Waals surface area contributed by atoms with Crippen LogP contribution in [0.15, 0.2) is 0 Å². The van der Waals surface area contributed by atoms with E-state index < -0.39 is 0 Å². The van der Waals surface area contributed by atoms with Crippen molar-refractivity contribution in [3.05, 3.63) is 0 Å². The summed E-state index contributed by atoms with van der Waals surface area (Å²) in [5, 5.41) is 0. The molecule has 0 spiro atoms. The van der Waals surface area contributed by atoms with Crippen LogP contribution < -0.4 is 10.6 Å². The van der Waals surface area contributed by atoms with E-state index in [1.165, 1.54) is 24.2 Å². The second-order valence-electron chi connectivity index (χ2n) is 6.99. The van der Waals surface area contributed by atoms with Gasteiger partial charge in [-0.3, -0.25) is 9.59 Å². The standard InChI is InChI=1S/C17H31N3O2/c1-3-20(15-9-5-4-6-10-15)17(22)13(2)19-11-7-8-14(12-19)16(18)21/h13-15H,3-12H2,1-2H3,(H2,18,21)/p+1/t13-,14-/m0/s1. The van der Waals surface area contributed by atoms with Gasteiger partial charge in [-0.05, 0) is 39.5 Å². The van der Waals surface area contributed by atoms with Crippen molar-refractivity contribution >= 4 is 11.8 Å². The Morgan fingerprint density at radius 2 is 1.86 bits per heavy atom. The summed E-state index contributed by atoms with van der Waals surface area (Å²) in [6.45, 7) is 6.58. The molecule has 0 radical (unpaired) electrons. The van der Waals surface area contributed by atoms with Gasteiger partial charge in [0.2, 0.25) is 5.91 Å². The Kier molecular flexibility index (Phi) is 6.24. The molecule has 1 heterocycles. The van der Waals surface area contributed by atoms with E-state index in [4.69, 9.17) is 5.73 Å². The van der Waals surface area contributed by atoms with Crippen molar-refractivity contribution in [2.45, 2.75) is 70.9 Å². The lowest BCUT2D eigenvalue weighted by Gasteiger charge is -2.38. The second-order valence-corrected chi connectivity index (χ2v) is 6.99. The summed E-state index contributed by atoms with van der Waals surface area (Å²) in [5.74, 6) is -0.0187. The van der Waals surface area contributed by atoms with Crippen LogP contribution in [-0.2, 0) is 9.59 Å². The van der Waals surface area contributed by atoms with Crippen molar-refractivity contribution in [3.8, 4) is 0 Å². The van der Waals surface area contributed by atoms with Crippen molar-refractivity contribution < 1.29 is 14.5 Å². The van der Waals surface area contributed by atoms with Crippen LogP contribution >= 0.6 is 0 Å². The Bertz CT molecular complexity index is 393. The molecule has 2 amide bonds. The lowest BCUT2D eigenvalue weighted by Crippen LogP contribution is -3.18. The topological polar surface area (TPSA) is 67.8 Å². The van der Waals surface area contributed by atoms with E-state index in [1.54, 1.807) is 0 Å². The highest BCUT2D eigenvalue weighted by Crippen LogP contribution is 2.23. The number of likely N-dealkylation sites (N-methyl/N-ethyl adjacent to an activating group) is 1. The van der Waals surface area contributed by atoms with Gasteiger partial charge in [-0.2, -0.15) is 0 Å². The zero-order valence-corrected chi connectivity index (χ0v) is 14.1. The number of carbonyl (C=O) groups is 2. The summed E-state index contributed by atoms with van der Waals surface area (Å²) < 4.78 is 0. The largest absolute Gasteiger partial charge is 0.369 e. The molecule has 0 aromatic carbocycles. The maximum atomic E-state index is 12.9. The van der Waals surface area contributed by atoms with Crippen molar-refractivity contribution in [2.75, 3.05) is 19.6 Å². The van der Waals surface area contributed by atoms with Gasteiger partial charge in [-0.15, -0.1) is 0 Å². The molecule has 3 atom stereocenters. The third-order valence-electron chi connectivity index (χ3n) is 5.58. The molecule has 0 aromatic heterocycles. The van der Waals surface area contributed by atoms with Crippen LogP contribution in [0.2, 0.25) is 0 Å². The van der Waals surface area contributed by atoms with Crippen molar-refractivity contribution in [3.63, 3.8) is 0 Å². The van der Waals surface area contributed by atoms with Crippen LogP contribution in [0.1, 0.15) is 58.8 Å². The molecular formula is C17H32N3O2+. The van der Waals surface area contributed by atoms with Gasteiger partial charge in [0, 0.05) is 12.6 Å². The second kappa shape index (κ2) is 7.95. The van der Waals surface area contributed by atoms with Gasteiger partial charge in [-0.1, -0.05) is 19.3 Å². The number of hydrogen-bond donors (Lipinski definition) is 2. The summed E-state index contributed by atoms with van der Waals surface area (Å²) >= 11 is 0. The third-order valence-corrected chi connectivity index (χ3v) is 5.58. The lowest BCUT2D eigenvalue weighted by atomic mass is 9.93. The molecule has 22 heavy (non-hydrogen) atoms. The first kappa shape index (κ1) is 17.3. The van der Waals surface area contributed by atoms with Crippen LogP contribution in [0.5, 0.6) is 0 Å². The molecule has 5 heteroatoms. The summed E-state index contributed by atoms with van der Waals surface area (Å²) in [6.07, 6.45) is 7.93. The van der Waals surface area contributed by atoms with Gasteiger partial charge in [0.1, 0.15) is 0 Å². The first-order chi connectivity index (χ1) is 10.5. The number of piperidine rings is 1. The zero-order valence-electron chi connectivity index (χ0n) is 14.1. The number of quaternary nitrogens is 1. The fourth-order valence-corrected chi connectivity index (χ4v) is 4.14. The predicted octanol–water partition coefficient (Wildman–Crippen LogP) is 0.336. The number of primary amides is 1. The number of likely N-dealkylation sites (tertiary alicyclic amines) is 1. The maximum absolute atomic E-state index is 12.9. The van der Waals surface area contributed by atoms with Gasteiger partial charge in [0.25, 0.3) is 5.91 Å². The fraction of sp³-hybridized carbons (Fsp3) is 0.882. The van der Waals surface area contributed by atoms with Gasteiger partial charge in [0.15, 0.2) is 6.04 Å². The zero-order chi connectivity index (χ0) is 16.1. The monoisotopic (exact) mass is 310 g/mol. The molecule has 2 aliphatic rings. The lowest BCUT2D eigenvalue weighted by molar-refractivity contribution is -0.921. The number of nitrogens with two attached hydrogens (primary N) is 1. The van der Waals surface area contributed by atoms with E-state index in [1.807, 2.05) is 6.92 Å². The van der Waals surface area contributed by atoms with E-state index in [0.717, 1.165) is 38.8 Å². The quantitative estimate of drug-likeness (QED) is 0.769. The van der Waals surface area contributed by atoms with Crippen molar-refractivity contribution in [1.82, 2.24) is 4.90 Å². The van der Waals surface area contributed by atoms with Gasteiger partial charge in [-0.25, -0.2) is 0 Å².